The number of hydrogen-bond acceptors (Lipinski definition) is 1. The number of rotatable bonds is 2. The summed E-state index contributed by atoms with van der Waals surface area (Å²) in [5.41, 5.74) is 2.55. The van der Waals surface area contributed by atoms with Gasteiger partial charge < -0.3 is 4.89 Å². The summed E-state index contributed by atoms with van der Waals surface area (Å²) in [6, 6.07) is 20.8. The monoisotopic (exact) mass is 248 g/mol. The topological polar surface area (TPSA) is 37.3 Å². The molecular formula is C14H17O2P. The van der Waals surface area contributed by atoms with Gasteiger partial charge in [0, 0.05) is 6.16 Å². The highest BCUT2D eigenvalue weighted by Gasteiger charge is 1.91. The van der Waals surface area contributed by atoms with Crippen molar-refractivity contribution in [1.82, 2.24) is 0 Å². The van der Waals surface area contributed by atoms with Crippen molar-refractivity contribution in [2.45, 2.75) is 6.92 Å². The zero-order chi connectivity index (χ0) is 12.5. The molecule has 17 heavy (non-hydrogen) atoms. The molecule has 1 atom stereocenters. The van der Waals surface area contributed by atoms with Gasteiger partial charge >= 0.3 is 0 Å². The molecule has 3 heteroatoms. The predicted octanol–water partition coefficient (Wildman–Crippen LogP) is 3.83. The van der Waals surface area contributed by atoms with Gasteiger partial charge in [0.2, 0.25) is 0 Å². The molecule has 0 amide bonds. The van der Waals surface area contributed by atoms with Crippen LogP contribution in [0, 0.1) is 0 Å². The van der Waals surface area contributed by atoms with Crippen molar-refractivity contribution in [3.05, 3.63) is 60.7 Å². The zero-order valence-electron chi connectivity index (χ0n) is 9.84. The summed E-state index contributed by atoms with van der Waals surface area (Å²) in [6.45, 7) is 1.68. The van der Waals surface area contributed by atoms with E-state index in [4.69, 9.17) is 4.89 Å². The fourth-order valence-corrected chi connectivity index (χ4v) is 1.26. The van der Waals surface area contributed by atoms with Gasteiger partial charge in [-0.3, -0.25) is 4.57 Å². The van der Waals surface area contributed by atoms with Gasteiger partial charge in [-0.05, 0) is 11.1 Å². The fraction of sp³-hybridized carbons (Fsp3) is 0.143. The second-order valence-corrected chi connectivity index (χ2v) is 4.97. The van der Waals surface area contributed by atoms with Crippen LogP contribution in [-0.2, 0) is 4.57 Å². The Morgan fingerprint density at radius 2 is 1.18 bits per heavy atom. The van der Waals surface area contributed by atoms with Crippen LogP contribution >= 0.6 is 8.03 Å². The SMILES string of the molecule is CC[PH](=O)O.c1ccc(-c2ccccc2)cc1. The maximum absolute atomic E-state index is 9.55. The predicted molar refractivity (Wildman–Crippen MR) is 73.6 cm³/mol. The Morgan fingerprint density at radius 1 is 0.882 bits per heavy atom. The molecule has 0 heterocycles. The Bertz CT molecular complexity index is 403. The first kappa shape index (κ1) is 13.7. The summed E-state index contributed by atoms with van der Waals surface area (Å²) in [6.07, 6.45) is 0.407. The third-order valence-electron chi connectivity index (χ3n) is 2.18. The lowest BCUT2D eigenvalue weighted by Crippen LogP contribution is -1.73. The zero-order valence-corrected chi connectivity index (χ0v) is 10.8. The lowest BCUT2D eigenvalue weighted by molar-refractivity contribution is 0.504. The lowest BCUT2D eigenvalue weighted by Gasteiger charge is -1.98. The van der Waals surface area contributed by atoms with E-state index in [1.165, 1.54) is 11.1 Å². The molecule has 2 rings (SSSR count). The van der Waals surface area contributed by atoms with Crippen LogP contribution in [0.3, 0.4) is 0 Å². The Balaban J connectivity index is 0.000000249. The Hall–Kier alpha value is -1.37. The van der Waals surface area contributed by atoms with Gasteiger partial charge in [-0.25, -0.2) is 0 Å². The molecule has 0 aliphatic heterocycles. The molecule has 2 nitrogen and oxygen atoms in total. The van der Waals surface area contributed by atoms with Crippen molar-refractivity contribution < 1.29 is 9.46 Å². The highest BCUT2D eigenvalue weighted by Crippen LogP contribution is 2.17. The Morgan fingerprint density at radius 3 is 1.41 bits per heavy atom. The number of hydrogen-bond donors (Lipinski definition) is 1. The average molecular weight is 248 g/mol. The first-order valence-electron chi connectivity index (χ1n) is 5.56. The largest absolute Gasteiger partial charge is 0.346 e. The van der Waals surface area contributed by atoms with Crippen LogP contribution in [-0.4, -0.2) is 11.1 Å². The normalized spacial score (nSPS) is 11.2. The Labute approximate surface area is 103 Å². The van der Waals surface area contributed by atoms with Gasteiger partial charge in [-0.2, -0.15) is 0 Å². The molecule has 0 bridgehead atoms. The van der Waals surface area contributed by atoms with Crippen molar-refractivity contribution in [1.29, 1.82) is 0 Å². The third-order valence-corrected chi connectivity index (χ3v) is 2.79. The summed E-state index contributed by atoms with van der Waals surface area (Å²) >= 11 is 0. The highest BCUT2D eigenvalue weighted by atomic mass is 31.1. The minimum Gasteiger partial charge on any atom is -0.346 e. The minimum absolute atomic E-state index is 0.407. The second kappa shape index (κ2) is 7.83. The van der Waals surface area contributed by atoms with Crippen LogP contribution in [0.1, 0.15) is 6.92 Å². The van der Waals surface area contributed by atoms with E-state index < -0.39 is 8.03 Å². The number of benzene rings is 2. The van der Waals surface area contributed by atoms with E-state index >= 15 is 0 Å². The molecule has 1 N–H and O–H groups in total. The Kier molecular flexibility index (Phi) is 6.31. The molecule has 0 saturated heterocycles. The van der Waals surface area contributed by atoms with Crippen LogP contribution in [0.25, 0.3) is 11.1 Å². The molecular weight excluding hydrogens is 231 g/mol. The smallest absolute Gasteiger partial charge is 0.188 e. The molecule has 0 aromatic heterocycles. The summed E-state index contributed by atoms with van der Waals surface area (Å²) in [5.74, 6) is 0. The van der Waals surface area contributed by atoms with Gasteiger partial charge in [0.25, 0.3) is 0 Å². The van der Waals surface area contributed by atoms with E-state index in [-0.39, 0.29) is 0 Å². The average Bonchev–Trinajstić information content (AvgIpc) is 2.41. The van der Waals surface area contributed by atoms with Gasteiger partial charge in [0.1, 0.15) is 0 Å². The van der Waals surface area contributed by atoms with Crippen LogP contribution in [0.15, 0.2) is 60.7 Å². The quantitative estimate of drug-likeness (QED) is 0.820. The molecule has 0 saturated carbocycles. The van der Waals surface area contributed by atoms with E-state index in [0.717, 1.165) is 0 Å². The summed E-state index contributed by atoms with van der Waals surface area (Å²) < 4.78 is 9.55. The van der Waals surface area contributed by atoms with Crippen molar-refractivity contribution >= 4 is 8.03 Å². The van der Waals surface area contributed by atoms with E-state index in [9.17, 15) is 4.57 Å². The molecule has 0 fully saturated rings. The van der Waals surface area contributed by atoms with Crippen LogP contribution in [0.2, 0.25) is 0 Å². The van der Waals surface area contributed by atoms with E-state index in [1.807, 2.05) is 12.1 Å². The van der Waals surface area contributed by atoms with Gasteiger partial charge in [0.05, 0.1) is 0 Å². The van der Waals surface area contributed by atoms with Gasteiger partial charge in [0.15, 0.2) is 8.03 Å². The lowest BCUT2D eigenvalue weighted by atomic mass is 10.1. The first-order valence-corrected chi connectivity index (χ1v) is 7.12. The first-order chi connectivity index (χ1) is 8.24. The van der Waals surface area contributed by atoms with Crippen molar-refractivity contribution in [2.75, 3.05) is 6.16 Å². The van der Waals surface area contributed by atoms with Crippen LogP contribution in [0.5, 0.6) is 0 Å². The van der Waals surface area contributed by atoms with E-state index in [2.05, 4.69) is 48.5 Å². The standard InChI is InChI=1S/C12H10.C2H7O2P/c1-3-7-11(8-4-1)12-9-5-2-6-10-12;1-2-5(3)4/h1-10H;5H,2H2,1H3,(H,3,4). The summed E-state index contributed by atoms with van der Waals surface area (Å²) in [7, 11) is -2.12. The van der Waals surface area contributed by atoms with Gasteiger partial charge in [-0.15, -0.1) is 0 Å². The van der Waals surface area contributed by atoms with Crippen molar-refractivity contribution in [2.24, 2.45) is 0 Å². The third kappa shape index (κ3) is 5.48. The molecule has 90 valence electrons. The molecule has 2 aromatic rings. The molecule has 0 aliphatic rings. The van der Waals surface area contributed by atoms with E-state index in [0.29, 0.717) is 6.16 Å². The molecule has 0 aliphatic carbocycles. The minimum atomic E-state index is -2.12. The van der Waals surface area contributed by atoms with Crippen molar-refractivity contribution in [3.63, 3.8) is 0 Å². The molecule has 0 radical (unpaired) electrons. The molecule has 0 spiro atoms. The highest BCUT2D eigenvalue weighted by molar-refractivity contribution is 7.37. The molecule has 2 aromatic carbocycles. The van der Waals surface area contributed by atoms with Crippen LogP contribution < -0.4 is 0 Å². The van der Waals surface area contributed by atoms with Crippen LogP contribution in [0.4, 0.5) is 0 Å². The fourth-order valence-electron chi connectivity index (χ4n) is 1.26. The van der Waals surface area contributed by atoms with Gasteiger partial charge in [-0.1, -0.05) is 67.6 Å². The maximum atomic E-state index is 9.55. The second-order valence-electron chi connectivity index (χ2n) is 3.48. The van der Waals surface area contributed by atoms with Crippen molar-refractivity contribution in [3.8, 4) is 11.1 Å². The summed E-state index contributed by atoms with van der Waals surface area (Å²) in [5, 5.41) is 0. The maximum Gasteiger partial charge on any atom is 0.188 e. The molecule has 1 unspecified atom stereocenters. The van der Waals surface area contributed by atoms with E-state index in [1.54, 1.807) is 6.92 Å². The summed E-state index contributed by atoms with van der Waals surface area (Å²) in [4.78, 5) is 7.91.